The van der Waals surface area contributed by atoms with E-state index in [-0.39, 0.29) is 0 Å². The van der Waals surface area contributed by atoms with Crippen molar-refractivity contribution in [3.05, 3.63) is 11.6 Å². The lowest BCUT2D eigenvalue weighted by atomic mass is 10.1. The van der Waals surface area contributed by atoms with Crippen molar-refractivity contribution in [2.24, 2.45) is 4.99 Å². The maximum atomic E-state index is 4.30. The Labute approximate surface area is 81.3 Å². The Morgan fingerprint density at radius 2 is 2.38 bits per heavy atom. The van der Waals surface area contributed by atoms with Gasteiger partial charge in [-0.2, -0.15) is 0 Å². The molecule has 0 saturated carbocycles. The minimum Gasteiger partial charge on any atom is -0.299 e. The lowest BCUT2D eigenvalue weighted by molar-refractivity contribution is 0.351. The largest absolute Gasteiger partial charge is 0.299 e. The summed E-state index contributed by atoms with van der Waals surface area (Å²) in [7, 11) is 2.20. The van der Waals surface area contributed by atoms with Crippen LogP contribution in [0.4, 0.5) is 0 Å². The quantitative estimate of drug-likeness (QED) is 0.607. The number of aliphatic imine (C=N–C) groups is 1. The summed E-state index contributed by atoms with van der Waals surface area (Å²) < 4.78 is 0. The molecule has 0 spiro atoms. The van der Waals surface area contributed by atoms with Crippen LogP contribution >= 0.6 is 0 Å². The number of nitrogens with zero attached hydrogens (tertiary/aromatic N) is 2. The molecule has 0 aromatic carbocycles. The molecule has 0 aliphatic carbocycles. The molecular formula is C11H20N2. The standard InChI is InChI=1S/C11H20N2/c1-4-10(9-12-5-2)11-7-6-8-13(11)3/h4,9,11H,5-8H2,1-3H3/b10-4+,12-9-. The lowest BCUT2D eigenvalue weighted by Crippen LogP contribution is -2.27. The summed E-state index contributed by atoms with van der Waals surface area (Å²) in [6.45, 7) is 6.28. The lowest BCUT2D eigenvalue weighted by Gasteiger charge is -2.19. The number of hydrogen-bond acceptors (Lipinski definition) is 2. The molecule has 1 heterocycles. The van der Waals surface area contributed by atoms with E-state index in [4.69, 9.17) is 0 Å². The summed E-state index contributed by atoms with van der Waals surface area (Å²) in [6, 6.07) is 0.611. The molecule has 0 amide bonds. The van der Waals surface area contributed by atoms with Gasteiger partial charge in [-0.05, 0) is 45.9 Å². The zero-order chi connectivity index (χ0) is 9.68. The van der Waals surface area contributed by atoms with E-state index in [1.54, 1.807) is 0 Å². The van der Waals surface area contributed by atoms with Crippen molar-refractivity contribution in [2.75, 3.05) is 20.1 Å². The number of likely N-dealkylation sites (tertiary alicyclic amines) is 1. The highest BCUT2D eigenvalue weighted by Gasteiger charge is 2.22. The molecule has 0 bridgehead atoms. The molecule has 74 valence electrons. The molecule has 0 aromatic rings. The minimum atomic E-state index is 0.611. The second kappa shape index (κ2) is 5.18. The summed E-state index contributed by atoms with van der Waals surface area (Å²) in [4.78, 5) is 6.72. The van der Waals surface area contributed by atoms with Gasteiger partial charge in [-0.25, -0.2) is 0 Å². The van der Waals surface area contributed by atoms with Crippen molar-refractivity contribution in [3.63, 3.8) is 0 Å². The van der Waals surface area contributed by atoms with Gasteiger partial charge < -0.3 is 0 Å². The number of rotatable bonds is 3. The third-order valence-corrected chi connectivity index (χ3v) is 2.66. The number of likely N-dealkylation sites (N-methyl/N-ethyl adjacent to an activating group) is 1. The van der Waals surface area contributed by atoms with Gasteiger partial charge in [0, 0.05) is 18.8 Å². The molecule has 0 N–H and O–H groups in total. The summed E-state index contributed by atoms with van der Waals surface area (Å²) in [5, 5.41) is 0. The van der Waals surface area contributed by atoms with Crippen LogP contribution in [0.2, 0.25) is 0 Å². The van der Waals surface area contributed by atoms with Crippen molar-refractivity contribution in [3.8, 4) is 0 Å². The number of hydrogen-bond donors (Lipinski definition) is 0. The van der Waals surface area contributed by atoms with Crippen LogP contribution < -0.4 is 0 Å². The van der Waals surface area contributed by atoms with Crippen molar-refractivity contribution >= 4 is 6.21 Å². The zero-order valence-electron chi connectivity index (χ0n) is 8.95. The maximum absolute atomic E-state index is 4.30. The molecule has 1 aliphatic heterocycles. The van der Waals surface area contributed by atoms with Crippen LogP contribution in [0.1, 0.15) is 26.7 Å². The van der Waals surface area contributed by atoms with Gasteiger partial charge in [-0.1, -0.05) is 6.08 Å². The van der Waals surface area contributed by atoms with E-state index >= 15 is 0 Å². The molecule has 0 radical (unpaired) electrons. The van der Waals surface area contributed by atoms with Gasteiger partial charge in [0.15, 0.2) is 0 Å². The molecule has 1 saturated heterocycles. The van der Waals surface area contributed by atoms with Crippen LogP contribution in [-0.4, -0.2) is 37.3 Å². The normalized spacial score (nSPS) is 26.1. The molecule has 1 rings (SSSR count). The summed E-state index contributed by atoms with van der Waals surface area (Å²) in [6.07, 6.45) is 6.82. The Morgan fingerprint density at radius 1 is 1.62 bits per heavy atom. The van der Waals surface area contributed by atoms with E-state index in [0.717, 1.165) is 6.54 Å². The van der Waals surface area contributed by atoms with Gasteiger partial charge in [0.2, 0.25) is 0 Å². The van der Waals surface area contributed by atoms with E-state index in [1.807, 2.05) is 6.21 Å². The molecule has 1 fully saturated rings. The van der Waals surface area contributed by atoms with Gasteiger partial charge in [-0.3, -0.25) is 9.89 Å². The van der Waals surface area contributed by atoms with Crippen molar-refractivity contribution in [1.29, 1.82) is 0 Å². The first-order valence-electron chi connectivity index (χ1n) is 5.15. The van der Waals surface area contributed by atoms with Gasteiger partial charge in [0.25, 0.3) is 0 Å². The van der Waals surface area contributed by atoms with Crippen LogP contribution in [0.5, 0.6) is 0 Å². The van der Waals surface area contributed by atoms with E-state index in [0.29, 0.717) is 6.04 Å². The van der Waals surface area contributed by atoms with Gasteiger partial charge in [0.05, 0.1) is 0 Å². The monoisotopic (exact) mass is 180 g/mol. The van der Waals surface area contributed by atoms with Crippen LogP contribution in [0.3, 0.4) is 0 Å². The fourth-order valence-electron chi connectivity index (χ4n) is 1.88. The Balaban J connectivity index is 2.61. The summed E-state index contributed by atoms with van der Waals surface area (Å²) in [5.74, 6) is 0. The van der Waals surface area contributed by atoms with Crippen LogP contribution in [-0.2, 0) is 0 Å². The first-order chi connectivity index (χ1) is 6.29. The highest BCUT2D eigenvalue weighted by atomic mass is 15.1. The van der Waals surface area contributed by atoms with Gasteiger partial charge >= 0.3 is 0 Å². The van der Waals surface area contributed by atoms with Crippen molar-refractivity contribution < 1.29 is 0 Å². The molecule has 1 atom stereocenters. The fourth-order valence-corrected chi connectivity index (χ4v) is 1.88. The third kappa shape index (κ3) is 2.66. The van der Waals surface area contributed by atoms with E-state index in [9.17, 15) is 0 Å². The smallest absolute Gasteiger partial charge is 0.0361 e. The van der Waals surface area contributed by atoms with Crippen LogP contribution in [0, 0.1) is 0 Å². The van der Waals surface area contributed by atoms with Crippen molar-refractivity contribution in [2.45, 2.75) is 32.7 Å². The Kier molecular flexibility index (Phi) is 4.16. The predicted octanol–water partition coefficient (Wildman–Crippen LogP) is 2.12. The SMILES string of the molecule is C/C=C(\C=N/CC)C1CCCN1C. The van der Waals surface area contributed by atoms with Gasteiger partial charge in [0.1, 0.15) is 0 Å². The van der Waals surface area contributed by atoms with E-state index < -0.39 is 0 Å². The van der Waals surface area contributed by atoms with E-state index in [1.165, 1.54) is 25.0 Å². The summed E-state index contributed by atoms with van der Waals surface area (Å²) >= 11 is 0. The molecule has 2 nitrogen and oxygen atoms in total. The number of allylic oxidation sites excluding steroid dienone is 1. The fraction of sp³-hybridized carbons (Fsp3) is 0.727. The zero-order valence-corrected chi connectivity index (χ0v) is 8.95. The second-order valence-corrected chi connectivity index (χ2v) is 3.56. The van der Waals surface area contributed by atoms with Crippen molar-refractivity contribution in [1.82, 2.24) is 4.90 Å². The Hall–Kier alpha value is -0.630. The average molecular weight is 180 g/mol. The van der Waals surface area contributed by atoms with E-state index in [2.05, 4.69) is 36.9 Å². The second-order valence-electron chi connectivity index (χ2n) is 3.56. The predicted molar refractivity (Wildman–Crippen MR) is 58.4 cm³/mol. The Bertz CT molecular complexity index is 206. The summed E-state index contributed by atoms with van der Waals surface area (Å²) in [5.41, 5.74) is 1.38. The first-order valence-corrected chi connectivity index (χ1v) is 5.15. The first kappa shape index (κ1) is 10.5. The highest BCUT2D eigenvalue weighted by Crippen LogP contribution is 2.20. The molecule has 13 heavy (non-hydrogen) atoms. The Morgan fingerprint density at radius 3 is 2.85 bits per heavy atom. The molecule has 2 heteroatoms. The molecule has 0 aromatic heterocycles. The maximum Gasteiger partial charge on any atom is 0.0361 e. The van der Waals surface area contributed by atoms with Crippen LogP contribution in [0.25, 0.3) is 0 Å². The molecular weight excluding hydrogens is 160 g/mol. The highest BCUT2D eigenvalue weighted by molar-refractivity contribution is 5.80. The minimum absolute atomic E-state index is 0.611. The topological polar surface area (TPSA) is 15.6 Å². The average Bonchev–Trinajstić information content (AvgIpc) is 2.54. The molecule has 1 aliphatic rings. The third-order valence-electron chi connectivity index (χ3n) is 2.66. The molecule has 1 unspecified atom stereocenters. The van der Waals surface area contributed by atoms with Gasteiger partial charge in [-0.15, -0.1) is 0 Å². The van der Waals surface area contributed by atoms with Crippen LogP contribution in [0.15, 0.2) is 16.6 Å².